The Bertz CT molecular complexity index is 578. The molecule has 0 bridgehead atoms. The fraction of sp³-hybridized carbons (Fsp3) is 0.200. The van der Waals surface area contributed by atoms with Gasteiger partial charge >= 0.3 is 0 Å². The fourth-order valence-corrected chi connectivity index (χ4v) is 2.35. The highest BCUT2D eigenvalue weighted by molar-refractivity contribution is 5.43. The summed E-state index contributed by atoms with van der Waals surface area (Å²) in [7, 11) is 0. The molecule has 0 aromatic heterocycles. The van der Waals surface area contributed by atoms with Gasteiger partial charge in [-0.2, -0.15) is 0 Å². The van der Waals surface area contributed by atoms with Gasteiger partial charge in [0.05, 0.1) is 6.61 Å². The molecule has 1 aliphatic rings. The maximum Gasteiger partial charge on any atom is 0.126 e. The van der Waals surface area contributed by atoms with Gasteiger partial charge in [0.1, 0.15) is 17.2 Å². The number of ether oxygens (including phenoxy) is 1. The van der Waals surface area contributed by atoms with Crippen molar-refractivity contribution in [1.82, 2.24) is 0 Å². The van der Waals surface area contributed by atoms with Crippen molar-refractivity contribution in [3.63, 3.8) is 0 Å². The summed E-state index contributed by atoms with van der Waals surface area (Å²) < 4.78 is 5.67. The molecule has 3 heteroatoms. The molecule has 0 saturated carbocycles. The number of rotatable bonds is 1. The molecule has 0 unspecified atom stereocenters. The van der Waals surface area contributed by atoms with Crippen LogP contribution in [0, 0.1) is 0 Å². The summed E-state index contributed by atoms with van der Waals surface area (Å²) in [5, 5.41) is 18.9. The molecule has 1 aliphatic heterocycles. The predicted octanol–water partition coefficient (Wildman–Crippen LogP) is 2.82. The van der Waals surface area contributed by atoms with Crippen molar-refractivity contribution in [2.75, 3.05) is 6.61 Å². The minimum absolute atomic E-state index is 0.226. The van der Waals surface area contributed by atoms with E-state index in [9.17, 15) is 10.2 Å². The van der Waals surface area contributed by atoms with Crippen LogP contribution in [-0.4, -0.2) is 16.8 Å². The Morgan fingerprint density at radius 2 is 1.83 bits per heavy atom. The summed E-state index contributed by atoms with van der Waals surface area (Å²) in [4.78, 5) is 0. The first-order valence-corrected chi connectivity index (χ1v) is 5.96. The van der Waals surface area contributed by atoms with Crippen LogP contribution in [0.4, 0.5) is 0 Å². The molecule has 0 amide bonds. The first-order valence-electron chi connectivity index (χ1n) is 5.96. The number of phenolic OH excluding ortho intramolecular Hbond substituents is 2. The van der Waals surface area contributed by atoms with Crippen LogP contribution in [0.1, 0.15) is 17.0 Å². The molecule has 0 saturated heterocycles. The summed E-state index contributed by atoms with van der Waals surface area (Å²) in [5.41, 5.74) is 2.17. The Morgan fingerprint density at radius 3 is 2.67 bits per heavy atom. The molecule has 2 N–H and O–H groups in total. The molecule has 2 aromatic carbocycles. The third-order valence-electron chi connectivity index (χ3n) is 3.30. The average Bonchev–Trinajstić information content (AvgIpc) is 2.38. The second-order valence-corrected chi connectivity index (χ2v) is 4.60. The molecular formula is C15H14O3. The SMILES string of the molecule is Oc1cccc([C@H]2COc3cc(O)ccc3C2)c1. The topological polar surface area (TPSA) is 49.7 Å². The Labute approximate surface area is 105 Å². The lowest BCUT2D eigenvalue weighted by Gasteiger charge is -2.25. The van der Waals surface area contributed by atoms with Crippen LogP contribution in [0.15, 0.2) is 42.5 Å². The molecule has 0 fully saturated rings. The molecule has 1 atom stereocenters. The fourth-order valence-electron chi connectivity index (χ4n) is 2.35. The minimum atomic E-state index is 0.226. The normalized spacial score (nSPS) is 17.9. The third-order valence-corrected chi connectivity index (χ3v) is 3.30. The van der Waals surface area contributed by atoms with E-state index in [0.29, 0.717) is 6.61 Å². The molecule has 1 heterocycles. The lowest BCUT2D eigenvalue weighted by molar-refractivity contribution is 0.261. The van der Waals surface area contributed by atoms with E-state index in [0.717, 1.165) is 23.3 Å². The van der Waals surface area contributed by atoms with Crippen LogP contribution < -0.4 is 4.74 Å². The van der Waals surface area contributed by atoms with Gasteiger partial charge in [-0.25, -0.2) is 0 Å². The molecule has 0 spiro atoms. The van der Waals surface area contributed by atoms with Crippen LogP contribution in [0.2, 0.25) is 0 Å². The molecule has 3 nitrogen and oxygen atoms in total. The van der Waals surface area contributed by atoms with Gasteiger partial charge in [0.15, 0.2) is 0 Å². The highest BCUT2D eigenvalue weighted by atomic mass is 16.5. The Kier molecular flexibility index (Phi) is 2.59. The first-order chi connectivity index (χ1) is 8.72. The number of benzene rings is 2. The van der Waals surface area contributed by atoms with Gasteiger partial charge < -0.3 is 14.9 Å². The Balaban J connectivity index is 1.89. The summed E-state index contributed by atoms with van der Waals surface area (Å²) in [6.45, 7) is 0.569. The monoisotopic (exact) mass is 242 g/mol. The van der Waals surface area contributed by atoms with E-state index in [2.05, 4.69) is 0 Å². The van der Waals surface area contributed by atoms with Crippen LogP contribution >= 0.6 is 0 Å². The zero-order valence-electron chi connectivity index (χ0n) is 9.84. The summed E-state index contributed by atoms with van der Waals surface area (Å²) in [6.07, 6.45) is 0.860. The molecule has 2 aromatic rings. The quantitative estimate of drug-likeness (QED) is 0.808. The van der Waals surface area contributed by atoms with E-state index >= 15 is 0 Å². The lowest BCUT2D eigenvalue weighted by Crippen LogP contribution is -2.19. The van der Waals surface area contributed by atoms with Crippen molar-refractivity contribution in [2.45, 2.75) is 12.3 Å². The zero-order valence-corrected chi connectivity index (χ0v) is 9.84. The maximum absolute atomic E-state index is 9.50. The van der Waals surface area contributed by atoms with E-state index in [1.165, 1.54) is 0 Å². The summed E-state index contributed by atoms with van der Waals surface area (Å²) in [6, 6.07) is 12.5. The van der Waals surface area contributed by atoms with E-state index in [4.69, 9.17) is 4.74 Å². The largest absolute Gasteiger partial charge is 0.508 e. The summed E-state index contributed by atoms with van der Waals surface area (Å²) in [5.74, 6) is 1.51. The number of aromatic hydroxyl groups is 2. The number of fused-ring (bicyclic) bond motifs is 1. The standard InChI is InChI=1S/C15H14O3/c16-13-3-1-2-10(7-13)12-6-11-4-5-14(17)8-15(11)18-9-12/h1-5,7-8,12,16-17H,6,9H2/t12-/m1/s1. The van der Waals surface area contributed by atoms with Gasteiger partial charge in [-0.1, -0.05) is 18.2 Å². The van der Waals surface area contributed by atoms with Crippen LogP contribution in [0.5, 0.6) is 17.2 Å². The van der Waals surface area contributed by atoms with Crippen molar-refractivity contribution in [2.24, 2.45) is 0 Å². The number of hydrogen-bond donors (Lipinski definition) is 2. The van der Waals surface area contributed by atoms with Crippen molar-refractivity contribution in [1.29, 1.82) is 0 Å². The predicted molar refractivity (Wildman–Crippen MR) is 68.2 cm³/mol. The van der Waals surface area contributed by atoms with Crippen molar-refractivity contribution >= 4 is 0 Å². The second kappa shape index (κ2) is 4.26. The molecule has 3 rings (SSSR count). The Hall–Kier alpha value is -2.16. The van der Waals surface area contributed by atoms with Crippen LogP contribution in [0.25, 0.3) is 0 Å². The zero-order chi connectivity index (χ0) is 12.5. The van der Waals surface area contributed by atoms with Crippen LogP contribution in [0.3, 0.4) is 0 Å². The summed E-state index contributed by atoms with van der Waals surface area (Å²) >= 11 is 0. The van der Waals surface area contributed by atoms with Gasteiger partial charge in [-0.05, 0) is 35.7 Å². The third kappa shape index (κ3) is 1.99. The van der Waals surface area contributed by atoms with Gasteiger partial charge in [0.2, 0.25) is 0 Å². The minimum Gasteiger partial charge on any atom is -0.508 e. The molecule has 92 valence electrons. The highest BCUT2D eigenvalue weighted by Crippen LogP contribution is 2.35. The van der Waals surface area contributed by atoms with Gasteiger partial charge in [0, 0.05) is 12.0 Å². The average molecular weight is 242 g/mol. The number of phenols is 2. The van der Waals surface area contributed by atoms with Crippen molar-refractivity contribution in [3.05, 3.63) is 53.6 Å². The Morgan fingerprint density at radius 1 is 1.00 bits per heavy atom. The number of hydrogen-bond acceptors (Lipinski definition) is 3. The van der Waals surface area contributed by atoms with Crippen LogP contribution in [-0.2, 0) is 6.42 Å². The van der Waals surface area contributed by atoms with Gasteiger partial charge in [-0.3, -0.25) is 0 Å². The van der Waals surface area contributed by atoms with Gasteiger partial charge in [-0.15, -0.1) is 0 Å². The van der Waals surface area contributed by atoms with E-state index in [1.54, 1.807) is 24.3 Å². The molecule has 0 aliphatic carbocycles. The molecular weight excluding hydrogens is 228 g/mol. The smallest absolute Gasteiger partial charge is 0.126 e. The first kappa shape index (κ1) is 11.0. The maximum atomic E-state index is 9.50. The van der Waals surface area contributed by atoms with Crippen molar-refractivity contribution < 1.29 is 14.9 Å². The second-order valence-electron chi connectivity index (χ2n) is 4.60. The highest BCUT2D eigenvalue weighted by Gasteiger charge is 2.21. The van der Waals surface area contributed by atoms with Gasteiger partial charge in [0.25, 0.3) is 0 Å². The van der Waals surface area contributed by atoms with E-state index < -0.39 is 0 Å². The van der Waals surface area contributed by atoms with E-state index in [1.807, 2.05) is 18.2 Å². The van der Waals surface area contributed by atoms with Crippen molar-refractivity contribution in [3.8, 4) is 17.2 Å². The van der Waals surface area contributed by atoms with E-state index in [-0.39, 0.29) is 17.4 Å². The molecule has 0 radical (unpaired) electrons. The lowest BCUT2D eigenvalue weighted by atomic mass is 9.90. The molecule has 18 heavy (non-hydrogen) atoms.